The van der Waals surface area contributed by atoms with Crippen molar-refractivity contribution in [2.45, 2.75) is 19.2 Å². The van der Waals surface area contributed by atoms with Gasteiger partial charge in [-0.15, -0.1) is 0 Å². The minimum absolute atomic E-state index is 0.242. The van der Waals surface area contributed by atoms with Gasteiger partial charge < -0.3 is 4.74 Å². The number of hydrogen-bond donors (Lipinski definition) is 0. The zero-order chi connectivity index (χ0) is 14.8. The number of hydrogen-bond acceptors (Lipinski definition) is 4. The van der Waals surface area contributed by atoms with Crippen molar-refractivity contribution in [2.24, 2.45) is 0 Å². The van der Waals surface area contributed by atoms with Crippen LogP contribution >= 0.6 is 11.6 Å². The van der Waals surface area contributed by atoms with Gasteiger partial charge in [0.1, 0.15) is 5.15 Å². The molecule has 0 aliphatic rings. The minimum atomic E-state index is -3.27. The highest BCUT2D eigenvalue weighted by Crippen LogP contribution is 2.25. The maximum atomic E-state index is 13.3. The average Bonchev–Trinajstić information content (AvgIpc) is 2.40. The van der Waals surface area contributed by atoms with E-state index in [4.69, 9.17) is 11.6 Å². The topological polar surface area (TPSA) is 47.9 Å². The summed E-state index contributed by atoms with van der Waals surface area (Å²) in [6, 6.07) is 2.77. The molecule has 0 spiro atoms. The van der Waals surface area contributed by atoms with Gasteiger partial charge in [-0.05, 0) is 6.07 Å². The number of pyridine rings is 1. The molecule has 2 aromatic rings. The maximum Gasteiger partial charge on any atom is 0.306 e. The molecule has 0 aromatic carbocycles. The fraction of sp³-hybridized carbons (Fsp3) is 0.250. The van der Waals surface area contributed by atoms with Crippen molar-refractivity contribution >= 4 is 11.6 Å². The third kappa shape index (κ3) is 3.36. The lowest BCUT2D eigenvalue weighted by Gasteiger charge is -2.20. The number of ether oxygens (including phenoxy) is 1. The molecular formula is C12H9ClF3N3O. The molecule has 1 atom stereocenters. The lowest BCUT2D eigenvalue weighted by molar-refractivity contribution is -0.154. The fourth-order valence-electron chi connectivity index (χ4n) is 1.30. The van der Waals surface area contributed by atoms with Gasteiger partial charge >= 0.3 is 12.3 Å². The van der Waals surface area contributed by atoms with Crippen LogP contribution in [0, 0.1) is 0 Å². The quantitative estimate of drug-likeness (QED) is 0.867. The smallest absolute Gasteiger partial charge is 0.306 e. The molecule has 20 heavy (non-hydrogen) atoms. The van der Waals surface area contributed by atoms with Crippen molar-refractivity contribution in [1.82, 2.24) is 15.0 Å². The molecule has 2 heterocycles. The van der Waals surface area contributed by atoms with Crippen LogP contribution in [0.1, 0.15) is 6.92 Å². The van der Waals surface area contributed by atoms with E-state index in [9.17, 15) is 13.2 Å². The van der Waals surface area contributed by atoms with Crippen LogP contribution in [0.5, 0.6) is 5.88 Å². The molecule has 106 valence electrons. The summed E-state index contributed by atoms with van der Waals surface area (Å²) in [6.45, 7) is 0.637. The number of aromatic nitrogens is 3. The molecular weight excluding hydrogens is 295 g/mol. The summed E-state index contributed by atoms with van der Waals surface area (Å²) in [5.74, 6) is -3.34. The van der Waals surface area contributed by atoms with Gasteiger partial charge in [0, 0.05) is 24.8 Å². The second-order valence-corrected chi connectivity index (χ2v) is 4.39. The second-order valence-electron chi connectivity index (χ2n) is 4.00. The number of rotatable bonds is 4. The number of alkyl halides is 3. The van der Waals surface area contributed by atoms with E-state index in [1.807, 2.05) is 0 Å². The normalized spacial score (nSPS) is 14.1. The Hall–Kier alpha value is -1.89. The number of halogens is 4. The van der Waals surface area contributed by atoms with Crippen molar-refractivity contribution in [3.8, 4) is 17.1 Å². The highest BCUT2D eigenvalue weighted by atomic mass is 35.5. The summed E-state index contributed by atoms with van der Waals surface area (Å²) in [4.78, 5) is 11.6. The van der Waals surface area contributed by atoms with Crippen LogP contribution in [0.25, 0.3) is 11.3 Å². The molecule has 0 radical (unpaired) electrons. The Balaban J connectivity index is 2.16. The standard InChI is InChI=1S/C12H9ClF3N3O/c1-12(16,11(14)15)20-10-3-2-7(4-19-10)8-5-18-9(13)6-17-8/h2-6,11H,1H3. The van der Waals surface area contributed by atoms with E-state index in [0.717, 1.165) is 0 Å². The summed E-state index contributed by atoms with van der Waals surface area (Å²) in [7, 11) is 0. The predicted molar refractivity (Wildman–Crippen MR) is 66.4 cm³/mol. The minimum Gasteiger partial charge on any atom is -0.435 e. The zero-order valence-corrected chi connectivity index (χ0v) is 11.0. The monoisotopic (exact) mass is 303 g/mol. The third-order valence-electron chi connectivity index (χ3n) is 2.35. The van der Waals surface area contributed by atoms with Crippen LogP contribution in [0.15, 0.2) is 30.7 Å². The second kappa shape index (κ2) is 5.62. The van der Waals surface area contributed by atoms with Crippen molar-refractivity contribution in [3.63, 3.8) is 0 Å². The third-order valence-corrected chi connectivity index (χ3v) is 2.54. The Kier molecular flexibility index (Phi) is 4.08. The van der Waals surface area contributed by atoms with Crippen LogP contribution in [0.3, 0.4) is 0 Å². The van der Waals surface area contributed by atoms with Gasteiger partial charge in [-0.1, -0.05) is 11.6 Å². The molecule has 0 saturated heterocycles. The summed E-state index contributed by atoms with van der Waals surface area (Å²) in [6.07, 6.45) is 0.829. The molecule has 0 aliphatic heterocycles. The first-order valence-electron chi connectivity index (χ1n) is 5.48. The highest BCUT2D eigenvalue weighted by molar-refractivity contribution is 6.29. The lowest BCUT2D eigenvalue weighted by Crippen LogP contribution is -2.35. The van der Waals surface area contributed by atoms with Gasteiger partial charge in [0.05, 0.1) is 18.1 Å². The molecule has 0 bridgehead atoms. The van der Waals surface area contributed by atoms with E-state index in [2.05, 4.69) is 19.7 Å². The Labute approximate surface area is 117 Å². The zero-order valence-electron chi connectivity index (χ0n) is 10.2. The highest BCUT2D eigenvalue weighted by Gasteiger charge is 2.37. The molecule has 2 rings (SSSR count). The van der Waals surface area contributed by atoms with Crippen LogP contribution in [-0.2, 0) is 0 Å². The van der Waals surface area contributed by atoms with E-state index in [1.165, 1.54) is 30.7 Å². The maximum absolute atomic E-state index is 13.3. The van der Waals surface area contributed by atoms with Gasteiger partial charge in [0.25, 0.3) is 0 Å². The molecule has 8 heteroatoms. The van der Waals surface area contributed by atoms with Crippen LogP contribution in [-0.4, -0.2) is 27.2 Å². The first kappa shape index (κ1) is 14.5. The molecule has 0 aliphatic carbocycles. The first-order chi connectivity index (χ1) is 9.38. The Morgan fingerprint density at radius 2 is 1.90 bits per heavy atom. The van der Waals surface area contributed by atoms with E-state index < -0.39 is 12.3 Å². The van der Waals surface area contributed by atoms with Crippen LogP contribution < -0.4 is 4.74 Å². The average molecular weight is 304 g/mol. The molecule has 0 fully saturated rings. The Bertz CT molecular complexity index is 576. The molecule has 4 nitrogen and oxygen atoms in total. The molecule has 0 amide bonds. The van der Waals surface area contributed by atoms with Crippen LogP contribution in [0.2, 0.25) is 5.15 Å². The fourth-order valence-corrected chi connectivity index (χ4v) is 1.40. The SMILES string of the molecule is CC(F)(Oc1ccc(-c2cnc(Cl)cn2)cn1)C(F)F. The van der Waals surface area contributed by atoms with Crippen LogP contribution in [0.4, 0.5) is 13.2 Å². The Morgan fingerprint density at radius 3 is 2.40 bits per heavy atom. The van der Waals surface area contributed by atoms with E-state index in [-0.39, 0.29) is 11.0 Å². The Morgan fingerprint density at radius 1 is 1.15 bits per heavy atom. The molecule has 2 aromatic heterocycles. The first-order valence-corrected chi connectivity index (χ1v) is 5.86. The van der Waals surface area contributed by atoms with Crippen molar-refractivity contribution in [1.29, 1.82) is 0 Å². The van der Waals surface area contributed by atoms with Gasteiger partial charge in [-0.25, -0.2) is 18.7 Å². The molecule has 0 N–H and O–H groups in total. The van der Waals surface area contributed by atoms with Gasteiger partial charge in [0.15, 0.2) is 0 Å². The summed E-state index contributed by atoms with van der Waals surface area (Å²) >= 11 is 5.60. The predicted octanol–water partition coefficient (Wildman–Crippen LogP) is 3.52. The molecule has 0 saturated carbocycles. The van der Waals surface area contributed by atoms with E-state index in [0.29, 0.717) is 18.2 Å². The number of nitrogens with zero attached hydrogens (tertiary/aromatic N) is 3. The molecule has 1 unspecified atom stereocenters. The van der Waals surface area contributed by atoms with Crippen molar-refractivity contribution in [2.75, 3.05) is 0 Å². The van der Waals surface area contributed by atoms with E-state index >= 15 is 0 Å². The summed E-state index contributed by atoms with van der Waals surface area (Å²) < 4.78 is 42.4. The summed E-state index contributed by atoms with van der Waals surface area (Å²) in [5.41, 5.74) is 1.06. The van der Waals surface area contributed by atoms with Gasteiger partial charge in [-0.3, -0.25) is 4.98 Å². The van der Waals surface area contributed by atoms with Gasteiger partial charge in [-0.2, -0.15) is 4.39 Å². The van der Waals surface area contributed by atoms with Crippen molar-refractivity contribution < 1.29 is 17.9 Å². The lowest BCUT2D eigenvalue weighted by atomic mass is 10.2. The van der Waals surface area contributed by atoms with E-state index in [1.54, 1.807) is 0 Å². The van der Waals surface area contributed by atoms with Crippen molar-refractivity contribution in [3.05, 3.63) is 35.9 Å². The van der Waals surface area contributed by atoms with Gasteiger partial charge in [0.2, 0.25) is 5.88 Å². The largest absolute Gasteiger partial charge is 0.435 e. The summed E-state index contributed by atoms with van der Waals surface area (Å²) in [5, 5.41) is 0.242.